The van der Waals surface area contributed by atoms with E-state index in [-0.39, 0.29) is 12.1 Å². The first-order valence-electron chi connectivity index (χ1n) is 10.3. The van der Waals surface area contributed by atoms with E-state index in [1.54, 1.807) is 0 Å². The maximum absolute atomic E-state index is 10.8. The fraction of sp³-hybridized carbons (Fsp3) is 0.455. The predicted molar refractivity (Wildman–Crippen MR) is 116 cm³/mol. The number of benzene rings is 1. The zero-order valence-corrected chi connectivity index (χ0v) is 17.9. The molecule has 0 bridgehead atoms. The molecule has 9 nitrogen and oxygen atoms in total. The number of nitrogens with zero attached hydrogens (tertiary/aromatic N) is 3. The van der Waals surface area contributed by atoms with E-state index >= 15 is 0 Å². The highest BCUT2D eigenvalue weighted by Gasteiger charge is 2.41. The van der Waals surface area contributed by atoms with Crippen molar-refractivity contribution in [2.75, 3.05) is 12.8 Å². The Morgan fingerprint density at radius 1 is 1.23 bits per heavy atom. The molecule has 1 aromatic heterocycles. The number of oxime groups is 1. The molecule has 0 saturated heterocycles. The molecule has 164 valence electrons. The van der Waals surface area contributed by atoms with Crippen molar-refractivity contribution in [1.29, 1.82) is 0 Å². The highest BCUT2D eigenvalue weighted by Crippen LogP contribution is 2.45. The number of nitrogens with two attached hydrogens (primary N) is 1. The summed E-state index contributed by atoms with van der Waals surface area (Å²) in [6.07, 6.45) is 3.63. The number of amides is 1. The fourth-order valence-corrected chi connectivity index (χ4v) is 4.62. The standard InChI is InChI=1S/C22H27N5O4/c1-22(2)17-18(24-11-25-20(17)23)15-9-8-14(10-16(15)19(22)27-30-3)31-13-6-4-12(5-7-13)26-21(28)29/h8-13,26H,4-7H2,1-3H3,(H,28,29)(H2,23,24,25)/b27-19+. The number of aromatic nitrogens is 2. The first-order valence-corrected chi connectivity index (χ1v) is 10.3. The minimum atomic E-state index is -0.976. The summed E-state index contributed by atoms with van der Waals surface area (Å²) in [5.74, 6) is 1.16. The summed E-state index contributed by atoms with van der Waals surface area (Å²) in [6.45, 7) is 4.05. The van der Waals surface area contributed by atoms with E-state index in [0.717, 1.165) is 59.5 Å². The van der Waals surface area contributed by atoms with Gasteiger partial charge in [-0.25, -0.2) is 14.8 Å². The number of rotatable bonds is 4. The molecule has 0 radical (unpaired) electrons. The Hall–Kier alpha value is -3.36. The third-order valence-electron chi connectivity index (χ3n) is 6.08. The van der Waals surface area contributed by atoms with Crippen molar-refractivity contribution in [3.8, 4) is 17.0 Å². The number of nitrogen functional groups attached to an aromatic ring is 1. The maximum Gasteiger partial charge on any atom is 0.404 e. The van der Waals surface area contributed by atoms with E-state index in [4.69, 9.17) is 20.4 Å². The first-order chi connectivity index (χ1) is 14.8. The number of hydrogen-bond donors (Lipinski definition) is 3. The van der Waals surface area contributed by atoms with Gasteiger partial charge in [0.15, 0.2) is 0 Å². The molecule has 1 saturated carbocycles. The smallest absolute Gasteiger partial charge is 0.404 e. The number of carboxylic acid groups (broad SMARTS) is 1. The van der Waals surface area contributed by atoms with Crippen molar-refractivity contribution in [2.24, 2.45) is 5.16 Å². The molecular formula is C22H27N5O4. The van der Waals surface area contributed by atoms with Crippen LogP contribution in [-0.4, -0.2) is 46.1 Å². The quantitative estimate of drug-likeness (QED) is 0.640. The molecule has 2 aliphatic carbocycles. The van der Waals surface area contributed by atoms with Gasteiger partial charge in [-0.05, 0) is 57.7 Å². The molecule has 1 aromatic carbocycles. The van der Waals surface area contributed by atoms with Crippen molar-refractivity contribution in [3.63, 3.8) is 0 Å². The third kappa shape index (κ3) is 3.87. The normalized spacial score (nSPS) is 22.9. The summed E-state index contributed by atoms with van der Waals surface area (Å²) >= 11 is 0. The van der Waals surface area contributed by atoms with Crippen LogP contribution in [0.2, 0.25) is 0 Å². The molecular weight excluding hydrogens is 398 g/mol. The number of hydrogen-bond acceptors (Lipinski definition) is 7. The Morgan fingerprint density at radius 2 is 1.97 bits per heavy atom. The summed E-state index contributed by atoms with van der Waals surface area (Å²) < 4.78 is 6.25. The van der Waals surface area contributed by atoms with Crippen molar-refractivity contribution in [2.45, 2.75) is 57.1 Å². The lowest BCUT2D eigenvalue weighted by Crippen LogP contribution is -2.39. The molecule has 4 rings (SSSR count). The van der Waals surface area contributed by atoms with Gasteiger partial charge in [0.1, 0.15) is 25.0 Å². The highest BCUT2D eigenvalue weighted by molar-refractivity contribution is 6.15. The van der Waals surface area contributed by atoms with E-state index in [1.165, 1.54) is 13.4 Å². The molecule has 0 unspecified atom stereocenters. The van der Waals surface area contributed by atoms with Crippen LogP contribution in [0, 0.1) is 0 Å². The van der Waals surface area contributed by atoms with Crippen molar-refractivity contribution < 1.29 is 19.5 Å². The average molecular weight is 425 g/mol. The average Bonchev–Trinajstić information content (AvgIpc) is 2.72. The van der Waals surface area contributed by atoms with Crippen LogP contribution in [0.1, 0.15) is 50.7 Å². The Kier molecular flexibility index (Phi) is 5.43. The lowest BCUT2D eigenvalue weighted by Gasteiger charge is -2.35. The molecule has 1 heterocycles. The summed E-state index contributed by atoms with van der Waals surface area (Å²) in [7, 11) is 1.52. The van der Waals surface area contributed by atoms with Gasteiger partial charge in [0, 0.05) is 28.1 Å². The molecule has 4 N–H and O–H groups in total. The van der Waals surface area contributed by atoms with E-state index in [2.05, 4.69) is 20.4 Å². The third-order valence-corrected chi connectivity index (χ3v) is 6.08. The Bertz CT molecular complexity index is 1030. The van der Waals surface area contributed by atoms with Crippen LogP contribution in [-0.2, 0) is 10.3 Å². The van der Waals surface area contributed by atoms with Gasteiger partial charge < -0.3 is 25.7 Å². The van der Waals surface area contributed by atoms with E-state index in [9.17, 15) is 4.79 Å². The van der Waals surface area contributed by atoms with Crippen molar-refractivity contribution >= 4 is 17.6 Å². The minimum absolute atomic E-state index is 0.0104. The Balaban J connectivity index is 1.64. The van der Waals surface area contributed by atoms with Gasteiger partial charge in [0.25, 0.3) is 0 Å². The molecule has 0 aliphatic heterocycles. The zero-order valence-electron chi connectivity index (χ0n) is 17.9. The van der Waals surface area contributed by atoms with Crippen LogP contribution in [0.5, 0.6) is 5.75 Å². The largest absolute Gasteiger partial charge is 0.490 e. The van der Waals surface area contributed by atoms with Gasteiger partial charge in [-0.2, -0.15) is 0 Å². The molecule has 1 fully saturated rings. The summed E-state index contributed by atoms with van der Waals surface area (Å²) in [5.41, 5.74) is 9.80. The lowest BCUT2D eigenvalue weighted by molar-refractivity contribution is 0.134. The number of nitrogens with one attached hydrogen (secondary N) is 1. The van der Waals surface area contributed by atoms with Crippen LogP contribution in [0.15, 0.2) is 29.7 Å². The second-order valence-corrected chi connectivity index (χ2v) is 8.48. The monoisotopic (exact) mass is 425 g/mol. The van der Waals surface area contributed by atoms with Crippen LogP contribution < -0.4 is 15.8 Å². The van der Waals surface area contributed by atoms with Crippen molar-refractivity contribution in [1.82, 2.24) is 15.3 Å². The van der Waals surface area contributed by atoms with Crippen molar-refractivity contribution in [3.05, 3.63) is 35.7 Å². The predicted octanol–water partition coefficient (Wildman–Crippen LogP) is 3.33. The number of ether oxygens (including phenoxy) is 1. The molecule has 0 atom stereocenters. The molecule has 31 heavy (non-hydrogen) atoms. The van der Waals surface area contributed by atoms with Gasteiger partial charge in [0.05, 0.1) is 17.5 Å². The van der Waals surface area contributed by atoms with E-state index < -0.39 is 11.5 Å². The van der Waals surface area contributed by atoms with Gasteiger partial charge in [-0.3, -0.25) is 0 Å². The Labute approximate surface area is 180 Å². The Morgan fingerprint density at radius 3 is 2.65 bits per heavy atom. The molecule has 9 heteroatoms. The summed E-state index contributed by atoms with van der Waals surface area (Å²) in [4.78, 5) is 24.7. The maximum atomic E-state index is 10.8. The second kappa shape index (κ2) is 8.05. The zero-order chi connectivity index (χ0) is 22.2. The lowest BCUT2D eigenvalue weighted by atomic mass is 9.70. The molecule has 2 aliphatic rings. The van der Waals surface area contributed by atoms with E-state index in [0.29, 0.717) is 5.82 Å². The van der Waals surface area contributed by atoms with Crippen LogP contribution in [0.3, 0.4) is 0 Å². The summed E-state index contributed by atoms with van der Waals surface area (Å²) in [6, 6.07) is 5.85. The van der Waals surface area contributed by atoms with Gasteiger partial charge >= 0.3 is 6.09 Å². The number of anilines is 1. The first kappa shape index (κ1) is 20.9. The van der Waals surface area contributed by atoms with E-state index in [1.807, 2.05) is 32.0 Å². The molecule has 2 aromatic rings. The summed E-state index contributed by atoms with van der Waals surface area (Å²) in [5, 5.41) is 15.8. The fourth-order valence-electron chi connectivity index (χ4n) is 4.62. The van der Waals surface area contributed by atoms with Gasteiger partial charge in [-0.1, -0.05) is 5.16 Å². The molecule has 0 spiro atoms. The van der Waals surface area contributed by atoms with Crippen LogP contribution in [0.25, 0.3) is 11.3 Å². The van der Waals surface area contributed by atoms with Crippen LogP contribution in [0.4, 0.5) is 10.6 Å². The van der Waals surface area contributed by atoms with Gasteiger partial charge in [-0.15, -0.1) is 0 Å². The minimum Gasteiger partial charge on any atom is -0.490 e. The highest BCUT2D eigenvalue weighted by atomic mass is 16.6. The SMILES string of the molecule is CO/N=C1\c2cc(OC3CCC(NC(=O)O)CC3)ccc2-c2ncnc(N)c2C1(C)C. The number of fused-ring (bicyclic) bond motifs is 3. The van der Waals surface area contributed by atoms with Crippen LogP contribution >= 0.6 is 0 Å². The number of carbonyl (C=O) groups is 1. The van der Waals surface area contributed by atoms with Gasteiger partial charge in [0.2, 0.25) is 0 Å². The topological polar surface area (TPSA) is 132 Å². The second-order valence-electron chi connectivity index (χ2n) is 8.48. The molecule has 1 amide bonds.